The van der Waals surface area contributed by atoms with E-state index in [4.69, 9.17) is 0 Å². The van der Waals surface area contributed by atoms with E-state index in [1.165, 1.54) is 0 Å². The molecule has 0 spiro atoms. The lowest BCUT2D eigenvalue weighted by atomic mass is 9.86. The van der Waals surface area contributed by atoms with Crippen LogP contribution in [0.25, 0.3) is 0 Å². The van der Waals surface area contributed by atoms with Crippen LogP contribution in [0.15, 0.2) is 0 Å². The van der Waals surface area contributed by atoms with Crippen LogP contribution in [0.4, 0.5) is 0 Å². The summed E-state index contributed by atoms with van der Waals surface area (Å²) in [6.45, 7) is 14.3. The minimum atomic E-state index is -0.169. The highest BCUT2D eigenvalue weighted by molar-refractivity contribution is 5.73. The molecule has 0 rings (SSSR count). The molecule has 2 N–H and O–H groups in total. The first-order valence-corrected chi connectivity index (χ1v) is 5.60. The molecule has 0 aromatic heterocycles. The molecule has 0 aliphatic carbocycles. The van der Waals surface area contributed by atoms with Crippen LogP contribution >= 0.6 is 0 Å². The first kappa shape index (κ1) is 14.4. The van der Waals surface area contributed by atoms with Crippen LogP contribution < -0.4 is 10.6 Å². The molecule has 0 unspecified atom stereocenters. The molecule has 0 fully saturated rings. The molecule has 0 aliphatic rings. The summed E-state index contributed by atoms with van der Waals surface area (Å²) in [6, 6.07) is 0.452. The molecule has 3 nitrogen and oxygen atoms in total. The second kappa shape index (κ2) is 4.97. The van der Waals surface area contributed by atoms with Crippen LogP contribution in [0.3, 0.4) is 0 Å². The molecule has 0 aliphatic heterocycles. The average molecular weight is 214 g/mol. The Kier molecular flexibility index (Phi) is 4.78. The maximum Gasteiger partial charge on any atom is 0.217 e. The molecule has 0 radical (unpaired) electrons. The normalized spacial score (nSPS) is 13.1. The van der Waals surface area contributed by atoms with Gasteiger partial charge in [0, 0.05) is 24.0 Å². The summed E-state index contributed by atoms with van der Waals surface area (Å²) in [5.74, 6) is 0.0281. The Balaban J connectivity index is 4.35. The topological polar surface area (TPSA) is 41.1 Å². The predicted octanol–water partition coefficient (Wildman–Crippen LogP) is 2.07. The van der Waals surface area contributed by atoms with Crippen molar-refractivity contribution in [3.8, 4) is 0 Å². The smallest absolute Gasteiger partial charge is 0.217 e. The molecular formula is C12H26N2O. The van der Waals surface area contributed by atoms with Gasteiger partial charge in [0.2, 0.25) is 5.91 Å². The second-order valence-corrected chi connectivity index (χ2v) is 5.92. The van der Waals surface area contributed by atoms with Crippen LogP contribution in [-0.4, -0.2) is 23.0 Å². The third kappa shape index (κ3) is 7.37. The Hall–Kier alpha value is -0.570. The van der Waals surface area contributed by atoms with E-state index in [1.807, 2.05) is 0 Å². The zero-order chi connectivity index (χ0) is 12.3. The van der Waals surface area contributed by atoms with Gasteiger partial charge in [0.05, 0.1) is 0 Å². The van der Waals surface area contributed by atoms with Crippen molar-refractivity contribution in [2.75, 3.05) is 0 Å². The molecule has 0 aromatic carbocycles. The number of hydrogen-bond donors (Lipinski definition) is 2. The zero-order valence-corrected chi connectivity index (χ0v) is 11.2. The van der Waals surface area contributed by atoms with Gasteiger partial charge in [0.1, 0.15) is 0 Å². The molecule has 15 heavy (non-hydrogen) atoms. The number of amides is 1. The van der Waals surface area contributed by atoms with Gasteiger partial charge in [-0.1, -0.05) is 13.8 Å². The molecule has 90 valence electrons. The molecular weight excluding hydrogens is 188 g/mol. The van der Waals surface area contributed by atoms with Crippen molar-refractivity contribution in [3.63, 3.8) is 0 Å². The largest absolute Gasteiger partial charge is 0.351 e. The van der Waals surface area contributed by atoms with Crippen molar-refractivity contribution in [2.24, 2.45) is 0 Å². The van der Waals surface area contributed by atoms with Crippen LogP contribution in [-0.2, 0) is 4.79 Å². The fourth-order valence-corrected chi connectivity index (χ4v) is 2.46. The number of rotatable bonds is 5. The van der Waals surface area contributed by atoms with E-state index in [0.29, 0.717) is 6.04 Å². The lowest BCUT2D eigenvalue weighted by Crippen LogP contribution is -2.53. The minimum absolute atomic E-state index is 0.0279. The quantitative estimate of drug-likeness (QED) is 0.735. The van der Waals surface area contributed by atoms with Gasteiger partial charge in [-0.3, -0.25) is 4.79 Å². The highest BCUT2D eigenvalue weighted by Crippen LogP contribution is 2.20. The maximum absolute atomic E-state index is 11.0. The van der Waals surface area contributed by atoms with Gasteiger partial charge in [0.25, 0.3) is 0 Å². The monoisotopic (exact) mass is 214 g/mol. The molecule has 0 heterocycles. The van der Waals surface area contributed by atoms with Crippen molar-refractivity contribution in [1.82, 2.24) is 10.6 Å². The van der Waals surface area contributed by atoms with Gasteiger partial charge in [-0.05, 0) is 34.1 Å². The van der Waals surface area contributed by atoms with Crippen molar-refractivity contribution in [2.45, 2.75) is 72.0 Å². The maximum atomic E-state index is 11.0. The van der Waals surface area contributed by atoms with Crippen molar-refractivity contribution in [1.29, 1.82) is 0 Å². The van der Waals surface area contributed by atoms with E-state index in [9.17, 15) is 4.79 Å². The van der Waals surface area contributed by atoms with Gasteiger partial charge in [-0.2, -0.15) is 0 Å². The van der Waals surface area contributed by atoms with Crippen LogP contribution in [0.5, 0.6) is 0 Å². The number of nitrogens with one attached hydrogen (secondary N) is 2. The Labute approximate surface area is 94.0 Å². The Bertz CT molecular complexity index is 220. The first-order valence-electron chi connectivity index (χ1n) is 5.60. The lowest BCUT2D eigenvalue weighted by molar-refractivity contribution is -0.120. The van der Waals surface area contributed by atoms with E-state index >= 15 is 0 Å². The van der Waals surface area contributed by atoms with Crippen LogP contribution in [0, 0.1) is 0 Å². The highest BCUT2D eigenvalue weighted by Gasteiger charge is 2.29. The number of carbonyl (C=O) groups is 1. The van der Waals surface area contributed by atoms with Crippen molar-refractivity contribution in [3.05, 3.63) is 0 Å². The van der Waals surface area contributed by atoms with Crippen LogP contribution in [0.1, 0.15) is 54.9 Å². The number of carbonyl (C=O) groups excluding carboxylic acids is 1. The molecule has 0 atom stereocenters. The fourth-order valence-electron chi connectivity index (χ4n) is 2.46. The standard InChI is InChI=1S/C12H26N2O/c1-9(2)13-11(4,5)8-12(6,7)14-10(3)15/h9,13H,8H2,1-7H3,(H,14,15). The van der Waals surface area contributed by atoms with E-state index < -0.39 is 0 Å². The molecule has 0 aromatic rings. The zero-order valence-electron chi connectivity index (χ0n) is 11.2. The SMILES string of the molecule is CC(=O)NC(C)(C)CC(C)(C)NC(C)C. The van der Waals surface area contributed by atoms with Crippen LogP contribution in [0.2, 0.25) is 0 Å². The highest BCUT2D eigenvalue weighted by atomic mass is 16.1. The van der Waals surface area contributed by atoms with E-state index in [0.717, 1.165) is 6.42 Å². The molecule has 3 heteroatoms. The van der Waals surface area contributed by atoms with Gasteiger partial charge in [0.15, 0.2) is 0 Å². The third-order valence-electron chi connectivity index (χ3n) is 2.08. The second-order valence-electron chi connectivity index (χ2n) is 5.92. The molecule has 0 saturated heterocycles. The average Bonchev–Trinajstić information content (AvgIpc) is 1.73. The van der Waals surface area contributed by atoms with E-state index in [2.05, 4.69) is 52.2 Å². The van der Waals surface area contributed by atoms with E-state index in [-0.39, 0.29) is 17.0 Å². The van der Waals surface area contributed by atoms with Gasteiger partial charge in [-0.15, -0.1) is 0 Å². The third-order valence-corrected chi connectivity index (χ3v) is 2.08. The summed E-state index contributed by atoms with van der Waals surface area (Å²) in [5, 5.41) is 6.47. The summed E-state index contributed by atoms with van der Waals surface area (Å²) < 4.78 is 0. The van der Waals surface area contributed by atoms with Gasteiger partial charge >= 0.3 is 0 Å². The lowest BCUT2D eigenvalue weighted by Gasteiger charge is -2.37. The van der Waals surface area contributed by atoms with Gasteiger partial charge in [-0.25, -0.2) is 0 Å². The number of hydrogen-bond acceptors (Lipinski definition) is 2. The Morgan fingerprint density at radius 3 is 1.93 bits per heavy atom. The van der Waals surface area contributed by atoms with Crippen molar-refractivity contribution < 1.29 is 4.79 Å². The summed E-state index contributed by atoms with van der Waals surface area (Å²) in [5.41, 5.74) is -0.142. The molecule has 1 amide bonds. The molecule has 0 saturated carbocycles. The summed E-state index contributed by atoms with van der Waals surface area (Å²) in [4.78, 5) is 11.0. The van der Waals surface area contributed by atoms with E-state index in [1.54, 1.807) is 6.92 Å². The summed E-state index contributed by atoms with van der Waals surface area (Å²) in [7, 11) is 0. The minimum Gasteiger partial charge on any atom is -0.351 e. The molecule has 0 bridgehead atoms. The predicted molar refractivity (Wildman–Crippen MR) is 64.9 cm³/mol. The fraction of sp³-hybridized carbons (Fsp3) is 0.917. The summed E-state index contributed by atoms with van der Waals surface area (Å²) >= 11 is 0. The van der Waals surface area contributed by atoms with Crippen molar-refractivity contribution >= 4 is 5.91 Å². The van der Waals surface area contributed by atoms with Gasteiger partial charge < -0.3 is 10.6 Å². The Morgan fingerprint density at radius 1 is 1.13 bits per heavy atom. The Morgan fingerprint density at radius 2 is 1.60 bits per heavy atom. The summed E-state index contributed by atoms with van der Waals surface area (Å²) in [6.07, 6.45) is 0.901. The first-order chi connectivity index (χ1) is 6.54.